The van der Waals surface area contributed by atoms with E-state index >= 15 is 0 Å². The molecule has 2 fully saturated rings. The van der Waals surface area contributed by atoms with Gasteiger partial charge in [0, 0.05) is 31.7 Å². The lowest BCUT2D eigenvalue weighted by Gasteiger charge is -2.43. The van der Waals surface area contributed by atoms with Gasteiger partial charge < -0.3 is 5.32 Å². The van der Waals surface area contributed by atoms with Gasteiger partial charge in [0.15, 0.2) is 0 Å². The summed E-state index contributed by atoms with van der Waals surface area (Å²) in [4.78, 5) is 2.78. The second kappa shape index (κ2) is 6.10. The molecule has 21 heavy (non-hydrogen) atoms. The molecule has 0 amide bonds. The molecule has 1 aromatic carbocycles. The molecular weight excluding hydrogens is 256 g/mol. The summed E-state index contributed by atoms with van der Waals surface area (Å²) in [6, 6.07) is 12.2. The Bertz CT molecular complexity index is 450. The topological polar surface area (TPSA) is 15.3 Å². The molecule has 0 spiro atoms. The van der Waals surface area contributed by atoms with Gasteiger partial charge in [-0.3, -0.25) is 4.90 Å². The SMILES string of the molecule is CC(C)C1CNC(Cc2ccccc2)CN1CC1(C)CC1. The lowest BCUT2D eigenvalue weighted by molar-refractivity contribution is 0.0796. The van der Waals surface area contributed by atoms with Crippen molar-refractivity contribution in [3.8, 4) is 0 Å². The van der Waals surface area contributed by atoms with Crippen LogP contribution >= 0.6 is 0 Å². The number of nitrogens with zero attached hydrogens (tertiary/aromatic N) is 1. The Morgan fingerprint density at radius 3 is 2.57 bits per heavy atom. The van der Waals surface area contributed by atoms with Gasteiger partial charge in [-0.2, -0.15) is 0 Å². The molecule has 3 rings (SSSR count). The van der Waals surface area contributed by atoms with Crippen LogP contribution in [0.5, 0.6) is 0 Å². The maximum absolute atomic E-state index is 3.79. The second-order valence-corrected chi connectivity index (χ2v) is 7.85. The fourth-order valence-electron chi connectivity index (χ4n) is 3.64. The largest absolute Gasteiger partial charge is 0.311 e. The molecule has 1 saturated carbocycles. The maximum atomic E-state index is 3.79. The van der Waals surface area contributed by atoms with E-state index in [-0.39, 0.29) is 0 Å². The van der Waals surface area contributed by atoms with Gasteiger partial charge >= 0.3 is 0 Å². The van der Waals surface area contributed by atoms with Gasteiger partial charge in [-0.1, -0.05) is 51.1 Å². The molecule has 1 aliphatic heterocycles. The van der Waals surface area contributed by atoms with E-state index in [0.29, 0.717) is 17.5 Å². The highest BCUT2D eigenvalue weighted by molar-refractivity contribution is 5.16. The van der Waals surface area contributed by atoms with Crippen LogP contribution in [0.25, 0.3) is 0 Å². The van der Waals surface area contributed by atoms with Gasteiger partial charge in [0.1, 0.15) is 0 Å². The predicted molar refractivity (Wildman–Crippen MR) is 89.5 cm³/mol. The summed E-state index contributed by atoms with van der Waals surface area (Å²) in [5, 5.41) is 3.79. The average Bonchev–Trinajstić information content (AvgIpc) is 3.17. The Labute approximate surface area is 129 Å². The van der Waals surface area contributed by atoms with Gasteiger partial charge in [-0.25, -0.2) is 0 Å². The van der Waals surface area contributed by atoms with Crippen LogP contribution < -0.4 is 5.32 Å². The number of nitrogens with one attached hydrogen (secondary N) is 1. The van der Waals surface area contributed by atoms with Crippen LogP contribution in [0.2, 0.25) is 0 Å². The van der Waals surface area contributed by atoms with Crippen molar-refractivity contribution in [3.63, 3.8) is 0 Å². The van der Waals surface area contributed by atoms with Gasteiger partial charge in [-0.15, -0.1) is 0 Å². The summed E-state index contributed by atoms with van der Waals surface area (Å²) in [6.45, 7) is 10.8. The smallest absolute Gasteiger partial charge is 0.0244 e. The van der Waals surface area contributed by atoms with Crippen molar-refractivity contribution in [2.45, 2.75) is 52.1 Å². The number of piperazine rings is 1. The molecule has 2 heteroatoms. The van der Waals surface area contributed by atoms with E-state index < -0.39 is 0 Å². The quantitative estimate of drug-likeness (QED) is 0.893. The van der Waals surface area contributed by atoms with Crippen molar-refractivity contribution in [1.29, 1.82) is 0 Å². The lowest BCUT2D eigenvalue weighted by atomic mass is 9.94. The maximum Gasteiger partial charge on any atom is 0.0244 e. The first-order valence-electron chi connectivity index (χ1n) is 8.57. The first-order chi connectivity index (χ1) is 10.1. The molecule has 1 aromatic rings. The highest BCUT2D eigenvalue weighted by Gasteiger charge is 2.42. The third-order valence-corrected chi connectivity index (χ3v) is 5.32. The number of rotatable bonds is 5. The molecule has 2 aliphatic rings. The molecule has 116 valence electrons. The highest BCUT2D eigenvalue weighted by Crippen LogP contribution is 2.46. The molecule has 1 aliphatic carbocycles. The second-order valence-electron chi connectivity index (χ2n) is 7.85. The molecular formula is C19H30N2. The third-order valence-electron chi connectivity index (χ3n) is 5.32. The molecule has 1 N–H and O–H groups in total. The summed E-state index contributed by atoms with van der Waals surface area (Å²) in [5.74, 6) is 0.734. The molecule has 2 atom stereocenters. The zero-order chi connectivity index (χ0) is 14.9. The Morgan fingerprint density at radius 1 is 1.24 bits per heavy atom. The third kappa shape index (κ3) is 3.87. The first kappa shape index (κ1) is 15.1. The van der Waals surface area contributed by atoms with Crippen molar-refractivity contribution >= 4 is 0 Å². The minimum Gasteiger partial charge on any atom is -0.311 e. The number of hydrogen-bond donors (Lipinski definition) is 1. The first-order valence-corrected chi connectivity index (χ1v) is 8.57. The van der Waals surface area contributed by atoms with Crippen molar-refractivity contribution in [2.24, 2.45) is 11.3 Å². The van der Waals surface area contributed by atoms with E-state index in [0.717, 1.165) is 18.9 Å². The summed E-state index contributed by atoms with van der Waals surface area (Å²) in [6.07, 6.45) is 4.00. The molecule has 0 radical (unpaired) electrons. The Hall–Kier alpha value is -0.860. The van der Waals surface area contributed by atoms with E-state index in [4.69, 9.17) is 0 Å². The Morgan fingerprint density at radius 2 is 1.95 bits per heavy atom. The van der Waals surface area contributed by atoms with Crippen molar-refractivity contribution in [1.82, 2.24) is 10.2 Å². The van der Waals surface area contributed by atoms with E-state index in [2.05, 4.69) is 61.3 Å². The number of hydrogen-bond acceptors (Lipinski definition) is 2. The summed E-state index contributed by atoms with van der Waals surface area (Å²) >= 11 is 0. The monoisotopic (exact) mass is 286 g/mol. The zero-order valence-electron chi connectivity index (χ0n) is 13.8. The molecule has 1 saturated heterocycles. The molecule has 2 nitrogen and oxygen atoms in total. The van der Waals surface area contributed by atoms with Crippen molar-refractivity contribution < 1.29 is 0 Å². The molecule has 0 aromatic heterocycles. The summed E-state index contributed by atoms with van der Waals surface area (Å²) in [5.41, 5.74) is 2.07. The Balaban J connectivity index is 1.63. The van der Waals surface area contributed by atoms with Crippen LogP contribution in [0.3, 0.4) is 0 Å². The van der Waals surface area contributed by atoms with Gasteiger partial charge in [0.25, 0.3) is 0 Å². The van der Waals surface area contributed by atoms with E-state index in [1.165, 1.54) is 31.5 Å². The van der Waals surface area contributed by atoms with Crippen LogP contribution in [-0.2, 0) is 6.42 Å². The normalized spacial score (nSPS) is 28.8. The standard InChI is InChI=1S/C19H30N2/c1-15(2)18-12-20-17(11-16-7-5-4-6-8-16)13-21(18)14-19(3)9-10-19/h4-8,15,17-18,20H,9-14H2,1-3H3. The summed E-state index contributed by atoms with van der Waals surface area (Å²) in [7, 11) is 0. The Kier molecular flexibility index (Phi) is 4.37. The number of benzene rings is 1. The van der Waals surface area contributed by atoms with Crippen LogP contribution in [0.1, 0.15) is 39.2 Å². The zero-order valence-corrected chi connectivity index (χ0v) is 13.8. The fourth-order valence-corrected chi connectivity index (χ4v) is 3.64. The van der Waals surface area contributed by atoms with E-state index in [1.54, 1.807) is 0 Å². The van der Waals surface area contributed by atoms with Crippen LogP contribution in [0, 0.1) is 11.3 Å². The molecule has 1 heterocycles. The van der Waals surface area contributed by atoms with E-state index in [1.807, 2.05) is 0 Å². The molecule has 2 unspecified atom stereocenters. The predicted octanol–water partition coefficient (Wildman–Crippen LogP) is 3.33. The van der Waals surface area contributed by atoms with E-state index in [9.17, 15) is 0 Å². The average molecular weight is 286 g/mol. The fraction of sp³-hybridized carbons (Fsp3) is 0.684. The lowest BCUT2D eigenvalue weighted by Crippen LogP contribution is -2.59. The molecule has 0 bridgehead atoms. The van der Waals surface area contributed by atoms with Gasteiger partial charge in [0.2, 0.25) is 0 Å². The minimum atomic E-state index is 0.602. The van der Waals surface area contributed by atoms with Crippen LogP contribution in [0.4, 0.5) is 0 Å². The van der Waals surface area contributed by atoms with Gasteiger partial charge in [0.05, 0.1) is 0 Å². The van der Waals surface area contributed by atoms with Crippen molar-refractivity contribution in [3.05, 3.63) is 35.9 Å². The van der Waals surface area contributed by atoms with Crippen molar-refractivity contribution in [2.75, 3.05) is 19.6 Å². The van der Waals surface area contributed by atoms with Crippen LogP contribution in [0.15, 0.2) is 30.3 Å². The van der Waals surface area contributed by atoms with Gasteiger partial charge in [-0.05, 0) is 36.2 Å². The highest BCUT2D eigenvalue weighted by atomic mass is 15.2. The summed E-state index contributed by atoms with van der Waals surface area (Å²) < 4.78 is 0. The minimum absolute atomic E-state index is 0.602. The van der Waals surface area contributed by atoms with Crippen LogP contribution in [-0.4, -0.2) is 36.6 Å².